The molecule has 3 aromatic heterocycles. The second kappa shape index (κ2) is 9.24. The number of aromatic amines is 1. The van der Waals surface area contributed by atoms with Crippen molar-refractivity contribution < 1.29 is 19.0 Å². The van der Waals surface area contributed by atoms with Gasteiger partial charge in [-0.25, -0.2) is 9.37 Å². The van der Waals surface area contributed by atoms with Crippen LogP contribution < -0.4 is 0 Å². The lowest BCUT2D eigenvalue weighted by Crippen LogP contribution is -2.35. The van der Waals surface area contributed by atoms with Gasteiger partial charge in [-0.1, -0.05) is 20.8 Å². The maximum absolute atomic E-state index is 14.3. The Morgan fingerprint density at radius 1 is 1.30 bits per heavy atom. The lowest BCUT2D eigenvalue weighted by Gasteiger charge is -2.37. The number of benzene rings is 1. The number of aromatic nitrogens is 4. The molecule has 1 saturated carbocycles. The van der Waals surface area contributed by atoms with Crippen LogP contribution in [-0.2, 0) is 14.9 Å². The van der Waals surface area contributed by atoms with Gasteiger partial charge in [0.25, 0.3) is 0 Å². The maximum atomic E-state index is 14.3. The van der Waals surface area contributed by atoms with Crippen LogP contribution in [0.25, 0.3) is 27.8 Å². The lowest BCUT2D eigenvalue weighted by molar-refractivity contribution is -0.151. The number of fused-ring (bicyclic) bond motifs is 2. The molecule has 0 amide bonds. The SMILES string of the molecule is CCC1(C(=O)O)CCC(c2c(C(C)(C)COC)n(-c3ccc(F)c(C)c3)c3cc4cn[nH]c4nc23)CC1. The van der Waals surface area contributed by atoms with Crippen molar-refractivity contribution in [1.29, 1.82) is 0 Å². The molecule has 0 spiro atoms. The number of hydrogen-bond donors (Lipinski definition) is 2. The van der Waals surface area contributed by atoms with E-state index in [0.29, 0.717) is 37.1 Å². The Bertz CT molecular complexity index is 1480. The smallest absolute Gasteiger partial charge is 0.309 e. The van der Waals surface area contributed by atoms with Crippen molar-refractivity contribution in [3.8, 4) is 5.69 Å². The van der Waals surface area contributed by atoms with Gasteiger partial charge in [0.15, 0.2) is 5.65 Å². The summed E-state index contributed by atoms with van der Waals surface area (Å²) in [5.41, 5.74) is 5.09. The van der Waals surface area contributed by atoms with E-state index in [1.54, 1.807) is 20.2 Å². The molecule has 0 aliphatic heterocycles. The van der Waals surface area contributed by atoms with Crippen molar-refractivity contribution in [2.75, 3.05) is 13.7 Å². The molecule has 4 aromatic rings. The normalized spacial score (nSPS) is 20.6. The molecule has 7 nitrogen and oxygen atoms in total. The van der Waals surface area contributed by atoms with E-state index in [-0.39, 0.29) is 11.7 Å². The van der Waals surface area contributed by atoms with Gasteiger partial charge in [0.05, 0.1) is 29.3 Å². The summed E-state index contributed by atoms with van der Waals surface area (Å²) >= 11 is 0. The van der Waals surface area contributed by atoms with E-state index in [0.717, 1.165) is 46.2 Å². The fraction of sp³-hybridized carbons (Fsp3) is 0.483. The molecule has 2 N–H and O–H groups in total. The molecule has 37 heavy (non-hydrogen) atoms. The minimum Gasteiger partial charge on any atom is -0.481 e. The van der Waals surface area contributed by atoms with Gasteiger partial charge in [0.1, 0.15) is 5.82 Å². The Morgan fingerprint density at radius 3 is 2.65 bits per heavy atom. The average Bonchev–Trinajstić information content (AvgIpc) is 3.46. The number of carboxylic acids is 1. The number of hydrogen-bond acceptors (Lipinski definition) is 4. The molecular formula is C29H35FN4O3. The first kappa shape index (κ1) is 25.4. The van der Waals surface area contributed by atoms with Crippen molar-refractivity contribution in [2.45, 2.75) is 71.1 Å². The van der Waals surface area contributed by atoms with E-state index in [1.807, 2.05) is 19.1 Å². The standard InChI is InChI=1S/C29H35FN4O3/c1-6-29(27(35)36)11-9-18(10-12-29)23-24-22(14-19-15-31-33-26(19)32-24)34(25(23)28(3,4)16-37-5)20-7-8-21(30)17(2)13-20/h7-8,13-15,18H,6,9-12,16H2,1-5H3,(H,35,36)(H,31,32,33). The van der Waals surface area contributed by atoms with Crippen molar-refractivity contribution >= 4 is 28.0 Å². The second-order valence-corrected chi connectivity index (χ2v) is 11.2. The van der Waals surface area contributed by atoms with E-state index in [9.17, 15) is 14.3 Å². The first-order chi connectivity index (χ1) is 17.6. The number of nitrogens with one attached hydrogen (secondary N) is 1. The summed E-state index contributed by atoms with van der Waals surface area (Å²) in [5, 5.41) is 18.1. The maximum Gasteiger partial charge on any atom is 0.309 e. The highest BCUT2D eigenvalue weighted by atomic mass is 19.1. The third kappa shape index (κ3) is 4.11. The highest BCUT2D eigenvalue weighted by Crippen LogP contribution is 2.50. The summed E-state index contributed by atoms with van der Waals surface area (Å²) in [6, 6.07) is 7.28. The third-order valence-electron chi connectivity index (χ3n) is 8.41. The summed E-state index contributed by atoms with van der Waals surface area (Å²) in [7, 11) is 1.70. The molecule has 1 aliphatic rings. The predicted molar refractivity (Wildman–Crippen MR) is 142 cm³/mol. The van der Waals surface area contributed by atoms with Crippen LogP contribution in [0.1, 0.15) is 75.6 Å². The number of aryl methyl sites for hydroxylation is 1. The molecule has 0 atom stereocenters. The number of ether oxygens (including phenoxy) is 1. The van der Waals surface area contributed by atoms with E-state index < -0.39 is 16.8 Å². The quantitative estimate of drug-likeness (QED) is 0.302. The van der Waals surface area contributed by atoms with E-state index in [1.165, 1.54) is 6.07 Å². The summed E-state index contributed by atoms with van der Waals surface area (Å²) in [5.74, 6) is -0.802. The van der Waals surface area contributed by atoms with Crippen LogP contribution in [0.4, 0.5) is 4.39 Å². The number of nitrogens with zero attached hydrogens (tertiary/aromatic N) is 3. The summed E-state index contributed by atoms with van der Waals surface area (Å²) in [6.45, 7) is 8.54. The van der Waals surface area contributed by atoms with Gasteiger partial charge < -0.3 is 14.4 Å². The first-order valence-corrected chi connectivity index (χ1v) is 13.0. The zero-order valence-corrected chi connectivity index (χ0v) is 22.2. The Balaban J connectivity index is 1.81. The van der Waals surface area contributed by atoms with Crippen molar-refractivity contribution in [3.05, 3.63) is 53.1 Å². The number of halogens is 1. The van der Waals surface area contributed by atoms with E-state index in [4.69, 9.17) is 9.72 Å². The third-order valence-corrected chi connectivity index (χ3v) is 8.41. The molecule has 0 bridgehead atoms. The summed E-state index contributed by atoms with van der Waals surface area (Å²) in [4.78, 5) is 17.2. The van der Waals surface area contributed by atoms with Crippen molar-refractivity contribution in [1.82, 2.24) is 19.7 Å². The number of carboxylic acid groups (broad SMARTS) is 1. The fourth-order valence-electron chi connectivity index (χ4n) is 6.29. The molecular weight excluding hydrogens is 471 g/mol. The number of methoxy groups -OCH3 is 1. The molecule has 196 valence electrons. The predicted octanol–water partition coefficient (Wildman–Crippen LogP) is 6.41. The molecule has 3 heterocycles. The summed E-state index contributed by atoms with van der Waals surface area (Å²) < 4.78 is 22.2. The average molecular weight is 507 g/mol. The topological polar surface area (TPSA) is 93.0 Å². The number of pyridine rings is 1. The zero-order chi connectivity index (χ0) is 26.5. The fourth-order valence-corrected chi connectivity index (χ4v) is 6.29. The van der Waals surface area contributed by atoms with E-state index >= 15 is 0 Å². The zero-order valence-electron chi connectivity index (χ0n) is 22.2. The second-order valence-electron chi connectivity index (χ2n) is 11.2. The van der Waals surface area contributed by atoms with Crippen LogP contribution in [-0.4, -0.2) is 44.5 Å². The van der Waals surface area contributed by atoms with Crippen LogP contribution in [0.3, 0.4) is 0 Å². The van der Waals surface area contributed by atoms with Gasteiger partial charge in [0.2, 0.25) is 0 Å². The summed E-state index contributed by atoms with van der Waals surface area (Å²) in [6.07, 6.45) is 5.17. The van der Waals surface area contributed by atoms with Crippen LogP contribution in [0.5, 0.6) is 0 Å². The Labute approximate surface area is 216 Å². The van der Waals surface area contributed by atoms with Gasteiger partial charge in [-0.3, -0.25) is 9.89 Å². The Kier molecular flexibility index (Phi) is 6.34. The molecule has 0 unspecified atom stereocenters. The van der Waals surface area contributed by atoms with Gasteiger partial charge in [-0.05, 0) is 74.8 Å². The molecule has 5 rings (SSSR count). The monoisotopic (exact) mass is 506 g/mol. The lowest BCUT2D eigenvalue weighted by atomic mass is 9.66. The van der Waals surface area contributed by atoms with Crippen molar-refractivity contribution in [2.24, 2.45) is 5.41 Å². The number of rotatable bonds is 7. The number of aliphatic carboxylic acids is 1. The molecule has 8 heteroatoms. The van der Waals surface area contributed by atoms with Crippen LogP contribution in [0, 0.1) is 18.2 Å². The van der Waals surface area contributed by atoms with Gasteiger partial charge in [0, 0.05) is 34.9 Å². The molecule has 1 aliphatic carbocycles. The molecule has 0 saturated heterocycles. The number of H-pyrrole nitrogens is 1. The minimum absolute atomic E-state index is 0.142. The Hall–Kier alpha value is -3.26. The highest BCUT2D eigenvalue weighted by molar-refractivity contribution is 5.94. The molecule has 1 fully saturated rings. The van der Waals surface area contributed by atoms with Crippen LogP contribution >= 0.6 is 0 Å². The Morgan fingerprint density at radius 2 is 2.03 bits per heavy atom. The van der Waals surface area contributed by atoms with Crippen LogP contribution in [0.15, 0.2) is 30.5 Å². The largest absolute Gasteiger partial charge is 0.481 e. The van der Waals surface area contributed by atoms with Crippen molar-refractivity contribution in [3.63, 3.8) is 0 Å². The van der Waals surface area contributed by atoms with Gasteiger partial charge >= 0.3 is 5.97 Å². The number of carbonyl (C=O) groups is 1. The first-order valence-electron chi connectivity index (χ1n) is 13.0. The van der Waals surface area contributed by atoms with E-state index in [2.05, 4.69) is 34.7 Å². The minimum atomic E-state index is -0.699. The van der Waals surface area contributed by atoms with Gasteiger partial charge in [-0.15, -0.1) is 0 Å². The van der Waals surface area contributed by atoms with Crippen LogP contribution in [0.2, 0.25) is 0 Å². The molecule has 0 radical (unpaired) electrons. The van der Waals surface area contributed by atoms with Gasteiger partial charge in [-0.2, -0.15) is 5.10 Å². The molecule has 1 aromatic carbocycles. The highest BCUT2D eigenvalue weighted by Gasteiger charge is 2.43.